The highest BCUT2D eigenvalue weighted by molar-refractivity contribution is 7.89. The molecule has 128 valence electrons. The van der Waals surface area contributed by atoms with Gasteiger partial charge in [-0.05, 0) is 56.4 Å². The van der Waals surface area contributed by atoms with Crippen molar-refractivity contribution in [2.75, 3.05) is 13.7 Å². The van der Waals surface area contributed by atoms with E-state index in [4.69, 9.17) is 4.74 Å². The minimum Gasteiger partial charge on any atom is -0.496 e. The van der Waals surface area contributed by atoms with E-state index >= 15 is 0 Å². The van der Waals surface area contributed by atoms with Crippen molar-refractivity contribution in [2.24, 2.45) is 0 Å². The van der Waals surface area contributed by atoms with Crippen molar-refractivity contribution in [1.29, 1.82) is 0 Å². The minimum atomic E-state index is -3.55. The van der Waals surface area contributed by atoms with Crippen LogP contribution in [0.5, 0.6) is 5.75 Å². The van der Waals surface area contributed by atoms with Crippen LogP contribution in [0.2, 0.25) is 0 Å². The zero-order valence-corrected chi connectivity index (χ0v) is 15.4. The minimum absolute atomic E-state index is 0.0826. The zero-order chi connectivity index (χ0) is 17.2. The first-order valence-electron chi connectivity index (χ1n) is 8.12. The van der Waals surface area contributed by atoms with Gasteiger partial charge in [0.05, 0.1) is 12.0 Å². The van der Waals surface area contributed by atoms with Gasteiger partial charge >= 0.3 is 0 Å². The summed E-state index contributed by atoms with van der Waals surface area (Å²) in [5.74, 6) is 0.732. The molecule has 1 fully saturated rings. The van der Waals surface area contributed by atoms with Gasteiger partial charge in [-0.2, -0.15) is 4.31 Å². The van der Waals surface area contributed by atoms with Crippen LogP contribution in [0, 0.1) is 20.8 Å². The molecule has 0 amide bonds. The number of benzene rings is 1. The lowest BCUT2D eigenvalue weighted by molar-refractivity contribution is 0.347. The number of methoxy groups -OCH3 is 1. The Hall–Kier alpha value is -1.33. The molecule has 1 saturated carbocycles. The summed E-state index contributed by atoms with van der Waals surface area (Å²) in [7, 11) is -1.94. The molecule has 0 radical (unpaired) electrons. The summed E-state index contributed by atoms with van der Waals surface area (Å²) in [6.07, 6.45) is 5.72. The van der Waals surface area contributed by atoms with Gasteiger partial charge in [-0.25, -0.2) is 8.42 Å². The van der Waals surface area contributed by atoms with Crippen molar-refractivity contribution in [1.82, 2.24) is 4.31 Å². The van der Waals surface area contributed by atoms with E-state index in [9.17, 15) is 8.42 Å². The van der Waals surface area contributed by atoms with Gasteiger partial charge < -0.3 is 4.74 Å². The van der Waals surface area contributed by atoms with E-state index in [1.165, 1.54) is 0 Å². The highest BCUT2D eigenvalue weighted by atomic mass is 32.2. The Balaban J connectivity index is 2.57. The van der Waals surface area contributed by atoms with Crippen molar-refractivity contribution in [2.45, 2.75) is 57.4 Å². The van der Waals surface area contributed by atoms with Crippen LogP contribution in [0.3, 0.4) is 0 Å². The van der Waals surface area contributed by atoms with Crippen LogP contribution in [0.4, 0.5) is 0 Å². The molecule has 5 heteroatoms. The number of hydrogen-bond acceptors (Lipinski definition) is 3. The molecule has 0 saturated heterocycles. The topological polar surface area (TPSA) is 46.6 Å². The predicted molar refractivity (Wildman–Crippen MR) is 93.5 cm³/mol. The lowest BCUT2D eigenvalue weighted by Crippen LogP contribution is -2.39. The van der Waals surface area contributed by atoms with Gasteiger partial charge in [0.25, 0.3) is 0 Å². The number of nitrogens with zero attached hydrogens (tertiary/aromatic N) is 1. The maximum atomic E-state index is 13.3. The number of aryl methyl sites for hydroxylation is 1. The van der Waals surface area contributed by atoms with Gasteiger partial charge in [0.1, 0.15) is 5.75 Å². The van der Waals surface area contributed by atoms with Crippen LogP contribution in [-0.4, -0.2) is 32.4 Å². The standard InChI is InChI=1S/C18H27NO3S/c1-6-11-19(16-9-7-8-10-16)23(20,21)18-13(2)12-17(22-5)14(3)15(18)4/h6,12,16H,1,7-11H2,2-5H3. The van der Waals surface area contributed by atoms with Gasteiger partial charge in [-0.3, -0.25) is 0 Å². The van der Waals surface area contributed by atoms with Crippen molar-refractivity contribution in [3.8, 4) is 5.75 Å². The molecule has 0 unspecified atom stereocenters. The quantitative estimate of drug-likeness (QED) is 0.743. The van der Waals surface area contributed by atoms with Gasteiger partial charge in [-0.15, -0.1) is 6.58 Å². The van der Waals surface area contributed by atoms with E-state index in [1.807, 2.05) is 26.8 Å². The maximum absolute atomic E-state index is 13.3. The molecule has 0 spiro atoms. The molecule has 1 aliphatic rings. The molecule has 0 atom stereocenters. The first kappa shape index (κ1) is 18.0. The van der Waals surface area contributed by atoms with Crippen LogP contribution in [0.25, 0.3) is 0 Å². The second-order valence-corrected chi connectivity index (χ2v) is 8.10. The fourth-order valence-electron chi connectivity index (χ4n) is 3.51. The first-order valence-corrected chi connectivity index (χ1v) is 9.56. The Labute approximate surface area is 140 Å². The lowest BCUT2D eigenvalue weighted by atomic mass is 10.1. The summed E-state index contributed by atoms with van der Waals surface area (Å²) in [5, 5.41) is 0. The van der Waals surface area contributed by atoms with Crippen LogP contribution < -0.4 is 4.74 Å². The Bertz CT molecular complexity index is 689. The average molecular weight is 337 g/mol. The molecule has 2 rings (SSSR count). The van der Waals surface area contributed by atoms with E-state index in [1.54, 1.807) is 17.5 Å². The van der Waals surface area contributed by atoms with E-state index < -0.39 is 10.0 Å². The van der Waals surface area contributed by atoms with Gasteiger partial charge in [0.15, 0.2) is 0 Å². The van der Waals surface area contributed by atoms with Crippen LogP contribution in [0.1, 0.15) is 42.4 Å². The number of hydrogen-bond donors (Lipinski definition) is 0. The summed E-state index contributed by atoms with van der Waals surface area (Å²) < 4.78 is 33.7. The van der Waals surface area contributed by atoms with Gasteiger partial charge in [-0.1, -0.05) is 18.9 Å². The SMILES string of the molecule is C=CCN(C1CCCC1)S(=O)(=O)c1c(C)cc(OC)c(C)c1C. The van der Waals surface area contributed by atoms with Gasteiger partial charge in [0.2, 0.25) is 10.0 Å². The third kappa shape index (κ3) is 3.31. The Morgan fingerprint density at radius 2 is 1.87 bits per heavy atom. The second kappa shape index (κ2) is 7.05. The molecule has 0 aliphatic heterocycles. The molecule has 4 nitrogen and oxygen atoms in total. The lowest BCUT2D eigenvalue weighted by Gasteiger charge is -2.29. The molecule has 1 aromatic rings. The molecule has 0 heterocycles. The Kier molecular flexibility index (Phi) is 5.53. The van der Waals surface area contributed by atoms with Crippen molar-refractivity contribution >= 4 is 10.0 Å². The monoisotopic (exact) mass is 337 g/mol. The highest BCUT2D eigenvalue weighted by Crippen LogP contribution is 2.35. The maximum Gasteiger partial charge on any atom is 0.244 e. The summed E-state index contributed by atoms with van der Waals surface area (Å²) >= 11 is 0. The Morgan fingerprint density at radius 3 is 2.39 bits per heavy atom. The van der Waals surface area contributed by atoms with Crippen molar-refractivity contribution in [3.05, 3.63) is 35.4 Å². The van der Waals surface area contributed by atoms with Crippen LogP contribution >= 0.6 is 0 Å². The zero-order valence-electron chi connectivity index (χ0n) is 14.6. The normalized spacial score (nSPS) is 16.0. The molecule has 0 N–H and O–H groups in total. The summed E-state index contributed by atoms with van der Waals surface area (Å²) in [6, 6.07) is 1.90. The van der Waals surface area contributed by atoms with E-state index in [0.717, 1.165) is 48.1 Å². The molecule has 1 aromatic carbocycles. The predicted octanol–water partition coefficient (Wildman–Crippen LogP) is 3.74. The third-order valence-electron chi connectivity index (χ3n) is 4.81. The first-order chi connectivity index (χ1) is 10.8. The molecule has 0 aromatic heterocycles. The number of ether oxygens (including phenoxy) is 1. The smallest absolute Gasteiger partial charge is 0.244 e. The van der Waals surface area contributed by atoms with Crippen molar-refractivity contribution < 1.29 is 13.2 Å². The molecular formula is C18H27NO3S. The summed E-state index contributed by atoms with van der Waals surface area (Å²) in [4.78, 5) is 0.421. The number of sulfonamides is 1. The summed E-state index contributed by atoms with van der Waals surface area (Å²) in [6.45, 7) is 9.70. The van der Waals surface area contributed by atoms with Crippen LogP contribution in [0.15, 0.2) is 23.6 Å². The molecule has 23 heavy (non-hydrogen) atoms. The Morgan fingerprint density at radius 1 is 1.26 bits per heavy atom. The van der Waals surface area contributed by atoms with Crippen LogP contribution in [-0.2, 0) is 10.0 Å². The van der Waals surface area contributed by atoms with E-state index in [-0.39, 0.29) is 6.04 Å². The summed E-state index contributed by atoms with van der Waals surface area (Å²) in [5.41, 5.74) is 2.38. The van der Waals surface area contributed by atoms with Gasteiger partial charge in [0, 0.05) is 12.6 Å². The largest absolute Gasteiger partial charge is 0.496 e. The average Bonchev–Trinajstić information content (AvgIpc) is 3.01. The third-order valence-corrected chi connectivity index (χ3v) is 7.01. The van der Waals surface area contributed by atoms with E-state index in [2.05, 4.69) is 6.58 Å². The molecular weight excluding hydrogens is 310 g/mol. The highest BCUT2D eigenvalue weighted by Gasteiger charge is 2.34. The molecule has 0 bridgehead atoms. The fourth-order valence-corrected chi connectivity index (χ4v) is 5.66. The van der Waals surface area contributed by atoms with E-state index in [0.29, 0.717) is 11.4 Å². The van der Waals surface area contributed by atoms with Crippen molar-refractivity contribution in [3.63, 3.8) is 0 Å². The number of rotatable bonds is 6. The fraction of sp³-hybridized carbons (Fsp3) is 0.556. The molecule has 1 aliphatic carbocycles. The second-order valence-electron chi connectivity index (χ2n) is 6.28.